The molecular formula is C23H28ClN3O2S. The van der Waals surface area contributed by atoms with Gasteiger partial charge in [0.25, 0.3) is 5.91 Å². The topological polar surface area (TPSA) is 45.7 Å². The molecule has 30 heavy (non-hydrogen) atoms. The minimum absolute atomic E-state index is 0.0440. The van der Waals surface area contributed by atoms with Crippen LogP contribution in [-0.4, -0.2) is 49.1 Å². The van der Waals surface area contributed by atoms with E-state index in [0.717, 1.165) is 35.5 Å². The van der Waals surface area contributed by atoms with Crippen LogP contribution in [0.4, 0.5) is 5.13 Å². The summed E-state index contributed by atoms with van der Waals surface area (Å²) in [5, 5.41) is 1.24. The van der Waals surface area contributed by atoms with Gasteiger partial charge < -0.3 is 9.64 Å². The number of hydrogen-bond donors (Lipinski definition) is 0. The molecule has 2 aromatic carbocycles. The highest BCUT2D eigenvalue weighted by Gasteiger charge is 2.24. The van der Waals surface area contributed by atoms with Crippen molar-refractivity contribution in [3.05, 3.63) is 52.0 Å². The maximum Gasteiger partial charge on any atom is 0.260 e. The predicted molar refractivity (Wildman–Crippen MR) is 127 cm³/mol. The van der Waals surface area contributed by atoms with E-state index in [9.17, 15) is 4.79 Å². The molecule has 0 aliphatic heterocycles. The summed E-state index contributed by atoms with van der Waals surface area (Å²) < 4.78 is 6.29. The Morgan fingerprint density at radius 2 is 1.87 bits per heavy atom. The Balaban J connectivity index is 2.07. The van der Waals surface area contributed by atoms with E-state index in [4.69, 9.17) is 21.3 Å². The maximum atomic E-state index is 13.6. The molecule has 0 spiro atoms. The standard InChI is InChI=1S/C23H28ClN3O2S/c1-6-26(7-2)12-13-27(22(28)17-14-15(3)8-9-16(17)4)23-25-20-19(29-5)11-10-18(24)21(20)30-23/h8-11,14H,6-7,12-13H2,1-5H3. The van der Waals surface area contributed by atoms with Gasteiger partial charge in [0.05, 0.1) is 16.8 Å². The second-order valence-electron chi connectivity index (χ2n) is 7.23. The van der Waals surface area contributed by atoms with Crippen molar-refractivity contribution in [2.75, 3.05) is 38.2 Å². The number of rotatable bonds is 8. The largest absolute Gasteiger partial charge is 0.494 e. The van der Waals surface area contributed by atoms with Gasteiger partial charge in [-0.3, -0.25) is 9.69 Å². The number of halogens is 1. The van der Waals surface area contributed by atoms with E-state index in [0.29, 0.717) is 33.5 Å². The Morgan fingerprint density at radius 1 is 1.13 bits per heavy atom. The summed E-state index contributed by atoms with van der Waals surface area (Å²) >= 11 is 7.85. The molecule has 0 saturated carbocycles. The highest BCUT2D eigenvalue weighted by Crippen LogP contribution is 2.39. The molecule has 0 fully saturated rings. The minimum atomic E-state index is -0.0440. The van der Waals surface area contributed by atoms with E-state index in [1.165, 1.54) is 11.3 Å². The number of nitrogens with zero attached hydrogens (tertiary/aromatic N) is 3. The lowest BCUT2D eigenvalue weighted by molar-refractivity contribution is 0.0983. The Kier molecular flexibility index (Phi) is 7.34. The molecule has 3 rings (SSSR count). The fraction of sp³-hybridized carbons (Fsp3) is 0.391. The molecular weight excluding hydrogens is 418 g/mol. The lowest BCUT2D eigenvalue weighted by atomic mass is 10.0. The zero-order valence-corrected chi connectivity index (χ0v) is 19.7. The van der Waals surface area contributed by atoms with E-state index < -0.39 is 0 Å². The number of fused-ring (bicyclic) bond motifs is 1. The molecule has 1 heterocycles. The normalized spacial score (nSPS) is 11.3. The van der Waals surface area contributed by atoms with Gasteiger partial charge in [0.1, 0.15) is 11.3 Å². The van der Waals surface area contributed by atoms with Gasteiger partial charge in [-0.2, -0.15) is 0 Å². The highest BCUT2D eigenvalue weighted by molar-refractivity contribution is 7.23. The Labute approximate surface area is 187 Å². The number of carbonyl (C=O) groups excluding carboxylic acids is 1. The summed E-state index contributed by atoms with van der Waals surface area (Å²) in [6.07, 6.45) is 0. The Morgan fingerprint density at radius 3 is 2.53 bits per heavy atom. The van der Waals surface area contributed by atoms with Crippen LogP contribution in [0, 0.1) is 13.8 Å². The smallest absolute Gasteiger partial charge is 0.260 e. The van der Waals surface area contributed by atoms with Crippen molar-refractivity contribution in [1.82, 2.24) is 9.88 Å². The van der Waals surface area contributed by atoms with Crippen LogP contribution in [0.3, 0.4) is 0 Å². The average molecular weight is 446 g/mol. The molecule has 0 unspecified atom stereocenters. The van der Waals surface area contributed by atoms with E-state index in [1.54, 1.807) is 24.1 Å². The predicted octanol–water partition coefficient (Wildman–Crippen LogP) is 5.56. The van der Waals surface area contributed by atoms with Gasteiger partial charge >= 0.3 is 0 Å². The van der Waals surface area contributed by atoms with Gasteiger partial charge in [-0.15, -0.1) is 0 Å². The van der Waals surface area contributed by atoms with Gasteiger partial charge in [0, 0.05) is 18.7 Å². The molecule has 0 aliphatic carbocycles. The summed E-state index contributed by atoms with van der Waals surface area (Å²) in [5.74, 6) is 0.609. The number of aromatic nitrogens is 1. The zero-order chi connectivity index (χ0) is 21.8. The molecule has 0 aliphatic rings. The van der Waals surface area contributed by atoms with Gasteiger partial charge in [-0.05, 0) is 50.7 Å². The first-order valence-corrected chi connectivity index (χ1v) is 11.3. The number of carbonyl (C=O) groups is 1. The van der Waals surface area contributed by atoms with Crippen LogP contribution >= 0.6 is 22.9 Å². The van der Waals surface area contributed by atoms with Crippen molar-refractivity contribution in [2.24, 2.45) is 0 Å². The third kappa shape index (κ3) is 4.61. The lowest BCUT2D eigenvalue weighted by Gasteiger charge is -2.25. The molecule has 5 nitrogen and oxygen atoms in total. The Bertz CT molecular complexity index is 1050. The van der Waals surface area contributed by atoms with Crippen molar-refractivity contribution < 1.29 is 9.53 Å². The molecule has 0 bridgehead atoms. The van der Waals surface area contributed by atoms with E-state index in [2.05, 4.69) is 18.7 Å². The van der Waals surface area contributed by atoms with Gasteiger partial charge in [-0.1, -0.05) is 54.5 Å². The lowest BCUT2D eigenvalue weighted by Crippen LogP contribution is -2.39. The van der Waals surface area contributed by atoms with Crippen molar-refractivity contribution in [2.45, 2.75) is 27.7 Å². The van der Waals surface area contributed by atoms with E-state index in [-0.39, 0.29) is 5.91 Å². The number of aryl methyl sites for hydroxylation is 2. The summed E-state index contributed by atoms with van der Waals surface area (Å²) in [6.45, 7) is 11.4. The number of benzene rings is 2. The van der Waals surface area contributed by atoms with E-state index >= 15 is 0 Å². The van der Waals surface area contributed by atoms with Crippen molar-refractivity contribution in [3.8, 4) is 5.75 Å². The monoisotopic (exact) mass is 445 g/mol. The van der Waals surface area contributed by atoms with Crippen molar-refractivity contribution >= 4 is 44.2 Å². The summed E-state index contributed by atoms with van der Waals surface area (Å²) in [5.41, 5.74) is 3.40. The third-order valence-electron chi connectivity index (χ3n) is 5.30. The minimum Gasteiger partial charge on any atom is -0.494 e. The third-order valence-corrected chi connectivity index (χ3v) is 6.84. The highest BCUT2D eigenvalue weighted by atomic mass is 35.5. The molecule has 3 aromatic rings. The quantitative estimate of drug-likeness (QED) is 0.455. The number of amides is 1. The Hall–Kier alpha value is -2.15. The van der Waals surface area contributed by atoms with Crippen LogP contribution in [-0.2, 0) is 0 Å². The molecule has 7 heteroatoms. The van der Waals surface area contributed by atoms with Crippen molar-refractivity contribution in [1.29, 1.82) is 0 Å². The molecule has 0 N–H and O–H groups in total. The summed E-state index contributed by atoms with van der Waals surface area (Å²) in [7, 11) is 1.61. The maximum absolute atomic E-state index is 13.6. The number of ether oxygens (including phenoxy) is 1. The average Bonchev–Trinajstić information content (AvgIpc) is 3.19. The molecule has 1 amide bonds. The zero-order valence-electron chi connectivity index (χ0n) is 18.2. The first kappa shape index (κ1) is 22.5. The summed E-state index contributed by atoms with van der Waals surface area (Å²) in [6, 6.07) is 9.57. The van der Waals surface area contributed by atoms with Crippen LogP contribution in [0.25, 0.3) is 10.2 Å². The van der Waals surface area contributed by atoms with Gasteiger partial charge in [-0.25, -0.2) is 4.98 Å². The molecule has 0 atom stereocenters. The fourth-order valence-electron chi connectivity index (χ4n) is 3.40. The second-order valence-corrected chi connectivity index (χ2v) is 8.61. The van der Waals surface area contributed by atoms with E-state index in [1.807, 2.05) is 32.0 Å². The number of methoxy groups -OCH3 is 1. The van der Waals surface area contributed by atoms with Crippen LogP contribution in [0.15, 0.2) is 30.3 Å². The van der Waals surface area contributed by atoms with Gasteiger partial charge in [0.2, 0.25) is 0 Å². The first-order chi connectivity index (χ1) is 14.4. The molecule has 1 aromatic heterocycles. The SMILES string of the molecule is CCN(CC)CCN(C(=O)c1cc(C)ccc1C)c1nc2c(OC)ccc(Cl)c2s1. The molecule has 160 valence electrons. The van der Waals surface area contributed by atoms with Crippen LogP contribution in [0.2, 0.25) is 5.02 Å². The first-order valence-electron chi connectivity index (χ1n) is 10.1. The number of thiazole rings is 1. The van der Waals surface area contributed by atoms with Crippen LogP contribution in [0.5, 0.6) is 5.75 Å². The number of hydrogen-bond acceptors (Lipinski definition) is 5. The number of anilines is 1. The van der Waals surface area contributed by atoms with Crippen molar-refractivity contribution in [3.63, 3.8) is 0 Å². The van der Waals surface area contributed by atoms with Crippen LogP contribution < -0.4 is 9.64 Å². The second kappa shape index (κ2) is 9.77. The van der Waals surface area contributed by atoms with Gasteiger partial charge in [0.15, 0.2) is 5.13 Å². The number of likely N-dealkylation sites (N-methyl/N-ethyl adjacent to an activating group) is 1. The molecule has 0 radical (unpaired) electrons. The summed E-state index contributed by atoms with van der Waals surface area (Å²) in [4.78, 5) is 22.5. The fourth-order valence-corrected chi connectivity index (χ4v) is 4.68. The van der Waals surface area contributed by atoms with Crippen LogP contribution in [0.1, 0.15) is 35.3 Å². The molecule has 0 saturated heterocycles.